The van der Waals surface area contributed by atoms with Crippen molar-refractivity contribution in [3.05, 3.63) is 42.7 Å². The Labute approximate surface area is 154 Å². The number of nitrogens with zero attached hydrogens (tertiary/aromatic N) is 4. The second-order valence-electron chi connectivity index (χ2n) is 6.17. The molecule has 0 spiro atoms. The van der Waals surface area contributed by atoms with Crippen molar-refractivity contribution in [3.63, 3.8) is 0 Å². The number of hydrogen-bond donors (Lipinski definition) is 1. The van der Waals surface area contributed by atoms with Gasteiger partial charge in [-0.05, 0) is 32.0 Å². The maximum atomic E-state index is 12.7. The lowest BCUT2D eigenvalue weighted by molar-refractivity contribution is -0.120. The average Bonchev–Trinajstić information content (AvgIpc) is 2.70. The molecule has 26 heavy (non-hydrogen) atoms. The number of hydrogen-bond acceptors (Lipinski definition) is 6. The van der Waals surface area contributed by atoms with Gasteiger partial charge < -0.3 is 15.0 Å². The van der Waals surface area contributed by atoms with E-state index in [-0.39, 0.29) is 11.9 Å². The highest BCUT2D eigenvalue weighted by molar-refractivity contribution is 5.95. The Morgan fingerprint density at radius 2 is 1.85 bits per heavy atom. The lowest BCUT2D eigenvalue weighted by Gasteiger charge is -2.37. The van der Waals surface area contributed by atoms with Crippen LogP contribution in [0, 0.1) is 0 Å². The predicted molar refractivity (Wildman–Crippen MR) is 102 cm³/mol. The van der Waals surface area contributed by atoms with E-state index in [0.29, 0.717) is 18.0 Å². The molecule has 1 N–H and O–H groups in total. The van der Waals surface area contributed by atoms with E-state index in [1.54, 1.807) is 12.4 Å². The molecule has 0 aliphatic carbocycles. The van der Waals surface area contributed by atoms with Crippen molar-refractivity contribution in [3.8, 4) is 5.75 Å². The van der Waals surface area contributed by atoms with Gasteiger partial charge >= 0.3 is 0 Å². The first-order valence-electron chi connectivity index (χ1n) is 8.97. The van der Waals surface area contributed by atoms with E-state index in [1.165, 1.54) is 0 Å². The van der Waals surface area contributed by atoms with Gasteiger partial charge in [0.05, 0.1) is 18.3 Å². The highest BCUT2D eigenvalue weighted by atomic mass is 16.5. The molecule has 1 aliphatic rings. The summed E-state index contributed by atoms with van der Waals surface area (Å²) in [5.41, 5.74) is 0.711. The first-order valence-corrected chi connectivity index (χ1v) is 8.97. The fourth-order valence-corrected chi connectivity index (χ4v) is 3.02. The van der Waals surface area contributed by atoms with E-state index in [4.69, 9.17) is 4.74 Å². The number of ether oxygens (including phenoxy) is 1. The summed E-state index contributed by atoms with van der Waals surface area (Å²) in [6, 6.07) is 9.11. The van der Waals surface area contributed by atoms with E-state index in [2.05, 4.69) is 25.1 Å². The maximum absolute atomic E-state index is 12.7. The molecule has 1 aromatic carbocycles. The summed E-state index contributed by atoms with van der Waals surface area (Å²) in [7, 11) is 0. The molecule has 1 fully saturated rings. The van der Waals surface area contributed by atoms with E-state index in [0.717, 1.165) is 32.1 Å². The fourth-order valence-electron chi connectivity index (χ4n) is 3.02. The van der Waals surface area contributed by atoms with Gasteiger partial charge in [0, 0.05) is 38.6 Å². The van der Waals surface area contributed by atoms with Crippen molar-refractivity contribution in [1.82, 2.24) is 14.9 Å². The minimum Gasteiger partial charge on any atom is -0.492 e. The summed E-state index contributed by atoms with van der Waals surface area (Å²) in [5.74, 6) is 1.41. The monoisotopic (exact) mass is 355 g/mol. The van der Waals surface area contributed by atoms with Crippen LogP contribution >= 0.6 is 0 Å². The Bertz CT molecular complexity index is 717. The van der Waals surface area contributed by atoms with Crippen LogP contribution in [0.15, 0.2) is 42.7 Å². The molecular formula is C19H25N5O2. The van der Waals surface area contributed by atoms with Gasteiger partial charge in [0.25, 0.3) is 0 Å². The molecule has 1 atom stereocenters. The van der Waals surface area contributed by atoms with Crippen LogP contribution in [0.5, 0.6) is 5.75 Å². The third-order valence-electron chi connectivity index (χ3n) is 4.52. The molecule has 1 saturated heterocycles. The zero-order valence-electron chi connectivity index (χ0n) is 15.3. The molecule has 1 aromatic heterocycles. The second kappa shape index (κ2) is 8.62. The van der Waals surface area contributed by atoms with Crippen LogP contribution in [0.4, 0.5) is 11.6 Å². The van der Waals surface area contributed by atoms with Crippen LogP contribution in [0.1, 0.15) is 13.8 Å². The number of benzene rings is 1. The maximum Gasteiger partial charge on any atom is 0.241 e. The lowest BCUT2D eigenvalue weighted by Crippen LogP contribution is -2.53. The number of nitrogens with one attached hydrogen (secondary N) is 1. The number of carbonyl (C=O) groups is 1. The summed E-state index contributed by atoms with van der Waals surface area (Å²) in [4.78, 5) is 25.6. The van der Waals surface area contributed by atoms with Gasteiger partial charge in [0.2, 0.25) is 11.9 Å². The molecule has 0 radical (unpaired) electrons. The topological polar surface area (TPSA) is 70.6 Å². The van der Waals surface area contributed by atoms with E-state index >= 15 is 0 Å². The minimum absolute atomic E-state index is 0.0263. The van der Waals surface area contributed by atoms with Gasteiger partial charge in [-0.2, -0.15) is 0 Å². The Kier molecular flexibility index (Phi) is 6.01. The summed E-state index contributed by atoms with van der Waals surface area (Å²) in [5, 5.41) is 2.99. The Morgan fingerprint density at radius 3 is 2.54 bits per heavy atom. The highest BCUT2D eigenvalue weighted by Crippen LogP contribution is 2.24. The van der Waals surface area contributed by atoms with Gasteiger partial charge in [-0.25, -0.2) is 9.97 Å². The first-order chi connectivity index (χ1) is 12.7. The number of piperazine rings is 1. The van der Waals surface area contributed by atoms with Gasteiger partial charge in [0.1, 0.15) is 5.75 Å². The summed E-state index contributed by atoms with van der Waals surface area (Å²) >= 11 is 0. The van der Waals surface area contributed by atoms with E-state index in [1.807, 2.05) is 44.2 Å². The normalized spacial score (nSPS) is 16.2. The molecular weight excluding hydrogens is 330 g/mol. The highest BCUT2D eigenvalue weighted by Gasteiger charge is 2.26. The minimum atomic E-state index is -0.219. The van der Waals surface area contributed by atoms with Crippen LogP contribution in [0.2, 0.25) is 0 Å². The zero-order chi connectivity index (χ0) is 18.4. The molecule has 0 unspecified atom stereocenters. The first kappa shape index (κ1) is 18.1. The Hall–Kier alpha value is -2.67. The lowest BCUT2D eigenvalue weighted by atomic mass is 10.2. The van der Waals surface area contributed by atoms with Crippen LogP contribution in [0.3, 0.4) is 0 Å². The van der Waals surface area contributed by atoms with Crippen molar-refractivity contribution in [2.75, 3.05) is 43.0 Å². The molecule has 2 heterocycles. The van der Waals surface area contributed by atoms with Crippen molar-refractivity contribution < 1.29 is 9.53 Å². The average molecular weight is 355 g/mol. The number of aromatic nitrogens is 2. The van der Waals surface area contributed by atoms with Crippen molar-refractivity contribution in [1.29, 1.82) is 0 Å². The SMILES string of the molecule is CCOc1ccccc1NC(=O)[C@H](C)N1CCN(c2ncccn2)CC1. The summed E-state index contributed by atoms with van der Waals surface area (Å²) in [6.45, 7) is 7.62. The molecule has 138 valence electrons. The third kappa shape index (κ3) is 4.29. The number of rotatable bonds is 6. The van der Waals surface area contributed by atoms with Crippen LogP contribution < -0.4 is 15.0 Å². The van der Waals surface area contributed by atoms with Gasteiger partial charge in [0.15, 0.2) is 0 Å². The largest absolute Gasteiger partial charge is 0.492 e. The molecule has 7 nitrogen and oxygen atoms in total. The van der Waals surface area contributed by atoms with Crippen LogP contribution in [-0.2, 0) is 4.79 Å². The zero-order valence-corrected chi connectivity index (χ0v) is 15.3. The molecule has 0 saturated carbocycles. The standard InChI is InChI=1S/C19H25N5O2/c1-3-26-17-8-5-4-7-16(17)22-18(25)15(2)23-11-13-24(14-12-23)19-20-9-6-10-21-19/h4-10,15H,3,11-14H2,1-2H3,(H,22,25)/t15-/m0/s1. The second-order valence-corrected chi connectivity index (χ2v) is 6.17. The smallest absolute Gasteiger partial charge is 0.241 e. The summed E-state index contributed by atoms with van der Waals surface area (Å²) in [6.07, 6.45) is 3.50. The van der Waals surface area contributed by atoms with Crippen molar-refractivity contribution in [2.45, 2.75) is 19.9 Å². The van der Waals surface area contributed by atoms with Gasteiger partial charge in [-0.15, -0.1) is 0 Å². The van der Waals surface area contributed by atoms with Crippen molar-refractivity contribution >= 4 is 17.5 Å². The fraction of sp³-hybridized carbons (Fsp3) is 0.421. The summed E-state index contributed by atoms with van der Waals surface area (Å²) < 4.78 is 5.58. The quantitative estimate of drug-likeness (QED) is 0.855. The predicted octanol–water partition coefficient (Wildman–Crippen LogP) is 2.02. The Balaban J connectivity index is 1.57. The van der Waals surface area contributed by atoms with Crippen molar-refractivity contribution in [2.24, 2.45) is 0 Å². The number of para-hydroxylation sites is 2. The van der Waals surface area contributed by atoms with E-state index in [9.17, 15) is 4.79 Å². The van der Waals surface area contributed by atoms with Crippen LogP contribution in [0.25, 0.3) is 0 Å². The molecule has 1 aliphatic heterocycles. The van der Waals surface area contributed by atoms with Gasteiger partial charge in [-0.3, -0.25) is 9.69 Å². The third-order valence-corrected chi connectivity index (χ3v) is 4.52. The molecule has 7 heteroatoms. The Morgan fingerprint density at radius 1 is 1.15 bits per heavy atom. The molecule has 2 aromatic rings. The van der Waals surface area contributed by atoms with Crippen LogP contribution in [-0.4, -0.2) is 59.6 Å². The number of anilines is 2. The van der Waals surface area contributed by atoms with E-state index < -0.39 is 0 Å². The number of amides is 1. The van der Waals surface area contributed by atoms with Gasteiger partial charge in [-0.1, -0.05) is 12.1 Å². The molecule has 1 amide bonds. The number of carbonyl (C=O) groups excluding carboxylic acids is 1. The molecule has 3 rings (SSSR count). The molecule has 0 bridgehead atoms.